The molecule has 4 heteroatoms. The van der Waals surface area contributed by atoms with Crippen LogP contribution in [0.5, 0.6) is 0 Å². The minimum Gasteiger partial charge on any atom is -0.361 e. The van der Waals surface area contributed by atoms with Crippen molar-refractivity contribution in [1.29, 1.82) is 0 Å². The molecule has 216 valence electrons. The monoisotopic (exact) mass is 544 g/mol. The number of Topliss-reactive ketones (excluding diaryl/α,β-unsaturated/α-hetero) is 3. The molecule has 4 fully saturated rings. The van der Waals surface area contributed by atoms with Crippen LogP contribution in [0.3, 0.4) is 0 Å². The van der Waals surface area contributed by atoms with Gasteiger partial charge in [-0.25, -0.2) is 0 Å². The van der Waals surface area contributed by atoms with Crippen molar-refractivity contribution < 1.29 is 19.1 Å². The maximum Gasteiger partial charge on any atom is 0.144 e. The summed E-state index contributed by atoms with van der Waals surface area (Å²) in [7, 11) is 0. The zero-order chi connectivity index (χ0) is 28.3. The van der Waals surface area contributed by atoms with Gasteiger partial charge in [0.25, 0.3) is 0 Å². The average molecular weight is 545 g/mol. The Morgan fingerprint density at radius 1 is 0.900 bits per heavy atom. The number of fused-ring (bicyclic) bond motifs is 1. The Morgan fingerprint density at radius 3 is 2.30 bits per heavy atom. The van der Waals surface area contributed by atoms with E-state index in [1.807, 2.05) is 43.3 Å². The van der Waals surface area contributed by atoms with Gasteiger partial charge in [-0.05, 0) is 60.8 Å². The van der Waals surface area contributed by atoms with Crippen molar-refractivity contribution in [2.24, 2.45) is 59.2 Å². The molecule has 1 saturated heterocycles. The summed E-state index contributed by atoms with van der Waals surface area (Å²) in [4.78, 5) is 43.1. The number of aryl methyl sites for hydroxylation is 1. The van der Waals surface area contributed by atoms with Gasteiger partial charge in [0.05, 0.1) is 23.9 Å². The van der Waals surface area contributed by atoms with E-state index in [1.165, 1.54) is 19.3 Å². The quantitative estimate of drug-likeness (QED) is 0.348. The third kappa shape index (κ3) is 4.48. The third-order valence-corrected chi connectivity index (χ3v) is 12.4. The van der Waals surface area contributed by atoms with Gasteiger partial charge in [0, 0.05) is 18.8 Å². The Morgan fingerprint density at radius 2 is 1.57 bits per heavy atom. The zero-order valence-corrected chi connectivity index (χ0v) is 25.1. The van der Waals surface area contributed by atoms with Crippen LogP contribution >= 0.6 is 0 Å². The number of rotatable bonds is 7. The first-order chi connectivity index (χ1) is 19.1. The van der Waals surface area contributed by atoms with Crippen molar-refractivity contribution >= 4 is 17.3 Å². The van der Waals surface area contributed by atoms with Gasteiger partial charge in [-0.15, -0.1) is 0 Å². The van der Waals surface area contributed by atoms with Gasteiger partial charge >= 0.3 is 0 Å². The number of hydrogen-bond donors (Lipinski definition) is 0. The van der Waals surface area contributed by atoms with Crippen LogP contribution in [0.2, 0.25) is 0 Å². The summed E-state index contributed by atoms with van der Waals surface area (Å²) in [5.41, 5.74) is 1.19. The molecule has 6 rings (SSSR count). The van der Waals surface area contributed by atoms with Crippen molar-refractivity contribution in [1.82, 2.24) is 0 Å². The maximum absolute atomic E-state index is 14.6. The van der Waals surface area contributed by atoms with Crippen molar-refractivity contribution in [3.63, 3.8) is 0 Å². The van der Waals surface area contributed by atoms with Crippen LogP contribution in [0.4, 0.5) is 0 Å². The van der Waals surface area contributed by atoms with Crippen LogP contribution < -0.4 is 0 Å². The lowest BCUT2D eigenvalue weighted by molar-refractivity contribution is -0.139. The second-order valence-electron chi connectivity index (χ2n) is 14.5. The molecule has 1 spiro atoms. The van der Waals surface area contributed by atoms with E-state index in [2.05, 4.69) is 27.7 Å². The summed E-state index contributed by atoms with van der Waals surface area (Å²) in [6, 6.07) is 8.09. The molecule has 2 heterocycles. The van der Waals surface area contributed by atoms with Gasteiger partial charge in [0.1, 0.15) is 23.0 Å². The Bertz CT molecular complexity index is 1180. The zero-order valence-electron chi connectivity index (χ0n) is 25.1. The standard InChI is InChI=1S/C36H48O4/c1-20-12-14-25(15-13-20)18-28(37)32-30-16-17-36(40-30)33(29(38)19-26-10-6-8-21(2)23(26)4)31(35(39)34(32)36)27-11-7-9-22(3)24(27)5/h12-17,21-24,26-27,30-34H,6-11,18-19H2,1-5H3. The molecular weight excluding hydrogens is 496 g/mol. The van der Waals surface area contributed by atoms with Crippen molar-refractivity contribution in [2.75, 3.05) is 0 Å². The third-order valence-electron chi connectivity index (χ3n) is 12.4. The van der Waals surface area contributed by atoms with Crippen molar-refractivity contribution in [3.8, 4) is 0 Å². The lowest BCUT2D eigenvalue weighted by Crippen LogP contribution is -2.45. The second kappa shape index (κ2) is 10.6. The smallest absolute Gasteiger partial charge is 0.144 e. The van der Waals surface area contributed by atoms with Crippen LogP contribution in [0.15, 0.2) is 36.4 Å². The van der Waals surface area contributed by atoms with Crippen LogP contribution in [-0.4, -0.2) is 29.1 Å². The summed E-state index contributed by atoms with van der Waals surface area (Å²) in [6.45, 7) is 11.3. The number of ether oxygens (including phenoxy) is 1. The van der Waals surface area contributed by atoms with Gasteiger partial charge in [0.2, 0.25) is 0 Å². The van der Waals surface area contributed by atoms with Gasteiger partial charge in [-0.1, -0.05) is 95.4 Å². The molecular formula is C36H48O4. The van der Waals surface area contributed by atoms with E-state index in [1.54, 1.807) is 0 Å². The summed E-state index contributed by atoms with van der Waals surface area (Å²) < 4.78 is 6.73. The molecule has 3 saturated carbocycles. The van der Waals surface area contributed by atoms with Gasteiger partial charge in [-0.2, -0.15) is 0 Å². The minimum atomic E-state index is -0.943. The fraction of sp³-hybridized carbons (Fsp3) is 0.694. The number of hydrogen-bond acceptors (Lipinski definition) is 4. The second-order valence-corrected chi connectivity index (χ2v) is 14.5. The van der Waals surface area contributed by atoms with Crippen LogP contribution in [0, 0.1) is 66.1 Å². The number of carbonyl (C=O) groups is 3. The fourth-order valence-corrected chi connectivity index (χ4v) is 9.62. The molecule has 1 aromatic rings. The number of carbonyl (C=O) groups excluding carboxylic acids is 3. The largest absolute Gasteiger partial charge is 0.361 e. The first kappa shape index (κ1) is 28.1. The van der Waals surface area contributed by atoms with E-state index in [-0.39, 0.29) is 29.2 Å². The predicted octanol–water partition coefficient (Wildman–Crippen LogP) is 6.97. The summed E-state index contributed by atoms with van der Waals surface area (Å²) in [5, 5.41) is 0. The molecule has 0 radical (unpaired) electrons. The molecule has 1 aromatic carbocycles. The number of benzene rings is 1. The lowest BCUT2D eigenvalue weighted by atomic mass is 9.63. The first-order valence-corrected chi connectivity index (χ1v) is 16.1. The van der Waals surface area contributed by atoms with Gasteiger partial charge in [-0.3, -0.25) is 14.4 Å². The Kier molecular flexibility index (Phi) is 7.47. The molecule has 40 heavy (non-hydrogen) atoms. The average Bonchev–Trinajstić information content (AvgIpc) is 3.57. The van der Waals surface area contributed by atoms with Gasteiger partial charge < -0.3 is 4.74 Å². The number of ketones is 3. The molecule has 0 aromatic heterocycles. The molecule has 0 N–H and O–H groups in total. The van der Waals surface area contributed by atoms with Crippen molar-refractivity contribution in [3.05, 3.63) is 47.5 Å². The van der Waals surface area contributed by atoms with E-state index in [0.717, 1.165) is 30.4 Å². The predicted molar refractivity (Wildman–Crippen MR) is 157 cm³/mol. The molecule has 5 aliphatic rings. The summed E-state index contributed by atoms with van der Waals surface area (Å²) in [5.74, 6) is 1.18. The van der Waals surface area contributed by atoms with Crippen LogP contribution in [-0.2, 0) is 25.5 Å². The summed E-state index contributed by atoms with van der Waals surface area (Å²) >= 11 is 0. The Balaban J connectivity index is 1.34. The van der Waals surface area contributed by atoms with E-state index >= 15 is 0 Å². The minimum absolute atomic E-state index is 0.0741. The fourth-order valence-electron chi connectivity index (χ4n) is 9.62. The lowest BCUT2D eigenvalue weighted by Gasteiger charge is -2.41. The van der Waals surface area contributed by atoms with Gasteiger partial charge in [0.15, 0.2) is 0 Å². The highest BCUT2D eigenvalue weighted by Gasteiger charge is 2.73. The Hall–Kier alpha value is -2.07. The highest BCUT2D eigenvalue weighted by molar-refractivity contribution is 6.02. The summed E-state index contributed by atoms with van der Waals surface area (Å²) in [6.07, 6.45) is 11.3. The molecule has 12 unspecified atom stereocenters. The molecule has 3 aliphatic carbocycles. The maximum atomic E-state index is 14.6. The SMILES string of the molecule is Cc1ccc(CC(=O)C2C3C=CC4(O3)C2C(=O)C(C2CCCC(C)C2C)C4C(=O)CC2CCCC(C)C2C)cc1. The molecule has 2 aliphatic heterocycles. The highest BCUT2D eigenvalue weighted by atomic mass is 16.5. The molecule has 0 amide bonds. The normalized spacial score (nSPS) is 44.1. The topological polar surface area (TPSA) is 60.4 Å². The Labute approximate surface area is 240 Å². The van der Waals surface area contributed by atoms with Crippen LogP contribution in [0.1, 0.15) is 83.8 Å². The van der Waals surface area contributed by atoms with E-state index in [0.29, 0.717) is 42.4 Å². The van der Waals surface area contributed by atoms with E-state index in [4.69, 9.17) is 4.74 Å². The molecule has 2 bridgehead atoms. The van der Waals surface area contributed by atoms with Crippen molar-refractivity contribution in [2.45, 2.75) is 97.7 Å². The molecule has 12 atom stereocenters. The molecule has 4 nitrogen and oxygen atoms in total. The van der Waals surface area contributed by atoms with Crippen LogP contribution in [0.25, 0.3) is 0 Å². The van der Waals surface area contributed by atoms with E-state index in [9.17, 15) is 14.4 Å². The first-order valence-electron chi connectivity index (χ1n) is 16.1. The highest BCUT2D eigenvalue weighted by Crippen LogP contribution is 2.62. The van der Waals surface area contributed by atoms with E-state index < -0.39 is 29.5 Å².